The second kappa shape index (κ2) is 6.89. The van der Waals surface area contributed by atoms with Crippen LogP contribution in [0.3, 0.4) is 0 Å². The third kappa shape index (κ3) is 2.91. The van der Waals surface area contributed by atoms with Gasteiger partial charge in [0.05, 0.1) is 5.52 Å². The molecule has 1 aliphatic rings. The van der Waals surface area contributed by atoms with Crippen LogP contribution in [0.15, 0.2) is 36.7 Å². The van der Waals surface area contributed by atoms with Crippen LogP contribution in [0, 0.1) is 11.6 Å². The molecular weight excluding hydrogens is 360 g/mol. The molecule has 5 rings (SSSR count). The van der Waals surface area contributed by atoms with Gasteiger partial charge < -0.3 is 0 Å². The summed E-state index contributed by atoms with van der Waals surface area (Å²) in [4.78, 5) is 4.34. The number of rotatable bonds is 3. The smallest absolute Gasteiger partial charge is 0.177 e. The molecule has 0 unspecified atom stereocenters. The summed E-state index contributed by atoms with van der Waals surface area (Å²) in [5, 5.41) is 12.6. The van der Waals surface area contributed by atoms with E-state index >= 15 is 4.39 Å². The Hall–Kier alpha value is -2.96. The summed E-state index contributed by atoms with van der Waals surface area (Å²) in [6.45, 7) is 0. The highest BCUT2D eigenvalue weighted by Crippen LogP contribution is 2.34. The first-order valence-corrected chi connectivity index (χ1v) is 9.62. The van der Waals surface area contributed by atoms with Gasteiger partial charge in [-0.15, -0.1) is 10.2 Å². The lowest BCUT2D eigenvalue weighted by molar-refractivity contribution is 0.443. The van der Waals surface area contributed by atoms with Crippen LogP contribution >= 0.6 is 0 Å². The van der Waals surface area contributed by atoms with Crippen LogP contribution in [-0.2, 0) is 6.42 Å². The average Bonchev–Trinajstić information content (AvgIpc) is 3.14. The van der Waals surface area contributed by atoms with Crippen molar-refractivity contribution < 1.29 is 8.78 Å². The minimum Gasteiger partial charge on any atom is -0.256 e. The predicted octanol–water partition coefficient (Wildman–Crippen LogP) is 4.59. The highest BCUT2D eigenvalue weighted by atomic mass is 19.1. The van der Waals surface area contributed by atoms with Crippen molar-refractivity contribution in [2.45, 2.75) is 44.4 Å². The maximum atomic E-state index is 15.3. The topological polar surface area (TPSA) is 56.0 Å². The number of fused-ring (bicyclic) bond motifs is 2. The Morgan fingerprint density at radius 3 is 2.79 bits per heavy atom. The van der Waals surface area contributed by atoms with Crippen molar-refractivity contribution in [3.63, 3.8) is 0 Å². The van der Waals surface area contributed by atoms with Crippen molar-refractivity contribution in [1.29, 1.82) is 0 Å². The number of aromatic nitrogens is 5. The second-order valence-corrected chi connectivity index (χ2v) is 7.41. The molecule has 1 aliphatic carbocycles. The lowest BCUT2D eigenvalue weighted by Crippen LogP contribution is -2.07. The fraction of sp³-hybridized carbons (Fsp3) is 0.333. The molecule has 0 N–H and O–H groups in total. The van der Waals surface area contributed by atoms with Gasteiger partial charge in [-0.1, -0.05) is 19.3 Å². The van der Waals surface area contributed by atoms with Crippen molar-refractivity contribution in [3.05, 3.63) is 65.2 Å². The van der Waals surface area contributed by atoms with Crippen molar-refractivity contribution in [2.24, 2.45) is 0 Å². The Balaban J connectivity index is 1.58. The second-order valence-electron chi connectivity index (χ2n) is 7.41. The fourth-order valence-electron chi connectivity index (χ4n) is 4.14. The molecule has 3 aromatic heterocycles. The molecule has 0 aliphatic heterocycles. The number of pyridine rings is 1. The number of hydrogen-bond donors (Lipinski definition) is 0. The molecule has 0 spiro atoms. The van der Waals surface area contributed by atoms with Gasteiger partial charge in [0.25, 0.3) is 0 Å². The molecule has 1 saturated carbocycles. The summed E-state index contributed by atoms with van der Waals surface area (Å²) >= 11 is 0. The lowest BCUT2D eigenvalue weighted by atomic mass is 9.84. The van der Waals surface area contributed by atoms with E-state index < -0.39 is 11.6 Å². The van der Waals surface area contributed by atoms with Crippen LogP contribution in [0.5, 0.6) is 0 Å². The summed E-state index contributed by atoms with van der Waals surface area (Å²) < 4.78 is 31.5. The maximum Gasteiger partial charge on any atom is 0.177 e. The normalized spacial score (nSPS) is 15.5. The van der Waals surface area contributed by atoms with Gasteiger partial charge in [0.2, 0.25) is 0 Å². The zero-order valence-electron chi connectivity index (χ0n) is 15.3. The fourth-order valence-corrected chi connectivity index (χ4v) is 4.14. The van der Waals surface area contributed by atoms with Gasteiger partial charge in [0.1, 0.15) is 11.6 Å². The first kappa shape index (κ1) is 17.2. The van der Waals surface area contributed by atoms with E-state index in [1.54, 1.807) is 24.5 Å². The van der Waals surface area contributed by atoms with Gasteiger partial charge in [-0.2, -0.15) is 9.61 Å². The quantitative estimate of drug-likeness (QED) is 0.522. The van der Waals surface area contributed by atoms with Gasteiger partial charge in [-0.05, 0) is 42.5 Å². The first-order chi connectivity index (χ1) is 13.7. The Labute approximate surface area is 160 Å². The van der Waals surface area contributed by atoms with Crippen LogP contribution in [0.25, 0.3) is 16.6 Å². The van der Waals surface area contributed by atoms with Crippen molar-refractivity contribution in [3.8, 4) is 0 Å². The summed E-state index contributed by atoms with van der Waals surface area (Å²) in [6.07, 6.45) is 9.15. The molecule has 7 heteroatoms. The molecule has 0 amide bonds. The van der Waals surface area contributed by atoms with Crippen LogP contribution in [0.2, 0.25) is 0 Å². The standard InChI is InChI=1S/C21H19F2N5/c22-17-11-18-16(9-14(12-24-18)13-5-2-1-3-6-13)21(23)15(17)10-20-27-26-19-7-4-8-25-28(19)20/h4,7-9,11-13H,1-3,5-6,10H2. The molecule has 1 fully saturated rings. The summed E-state index contributed by atoms with van der Waals surface area (Å²) in [6, 6.07) is 6.63. The summed E-state index contributed by atoms with van der Waals surface area (Å²) in [5.41, 5.74) is 1.89. The lowest BCUT2D eigenvalue weighted by Gasteiger charge is -2.22. The highest BCUT2D eigenvalue weighted by molar-refractivity contribution is 5.81. The van der Waals surface area contributed by atoms with Crippen molar-refractivity contribution in [2.75, 3.05) is 0 Å². The van der Waals surface area contributed by atoms with E-state index in [1.807, 2.05) is 6.07 Å². The van der Waals surface area contributed by atoms with Crippen LogP contribution in [0.1, 0.15) is 55.0 Å². The average molecular weight is 379 g/mol. The van der Waals surface area contributed by atoms with Gasteiger partial charge in [-0.3, -0.25) is 4.98 Å². The minimum atomic E-state index is -0.629. The largest absolute Gasteiger partial charge is 0.256 e. The first-order valence-electron chi connectivity index (χ1n) is 9.62. The third-order valence-corrected chi connectivity index (χ3v) is 5.65. The monoisotopic (exact) mass is 379 g/mol. The van der Waals surface area contributed by atoms with Crippen molar-refractivity contribution >= 4 is 16.6 Å². The van der Waals surface area contributed by atoms with Gasteiger partial charge >= 0.3 is 0 Å². The molecule has 142 valence electrons. The van der Waals surface area contributed by atoms with Crippen LogP contribution < -0.4 is 0 Å². The van der Waals surface area contributed by atoms with Gasteiger partial charge in [0.15, 0.2) is 11.5 Å². The zero-order valence-corrected chi connectivity index (χ0v) is 15.3. The molecule has 0 bridgehead atoms. The molecular formula is C21H19F2N5. The van der Waals surface area contributed by atoms with E-state index in [-0.39, 0.29) is 12.0 Å². The Morgan fingerprint density at radius 1 is 1.07 bits per heavy atom. The van der Waals surface area contributed by atoms with E-state index in [0.717, 1.165) is 18.4 Å². The van der Waals surface area contributed by atoms with E-state index in [9.17, 15) is 4.39 Å². The van der Waals surface area contributed by atoms with E-state index in [4.69, 9.17) is 0 Å². The molecule has 5 nitrogen and oxygen atoms in total. The Bertz CT molecular complexity index is 1160. The molecule has 0 saturated heterocycles. The molecule has 0 radical (unpaired) electrons. The number of nitrogens with zero attached hydrogens (tertiary/aromatic N) is 5. The van der Waals surface area contributed by atoms with E-state index in [1.165, 1.54) is 29.8 Å². The van der Waals surface area contributed by atoms with E-state index in [0.29, 0.717) is 28.3 Å². The molecule has 3 heterocycles. The van der Waals surface area contributed by atoms with E-state index in [2.05, 4.69) is 20.3 Å². The number of halogens is 2. The summed E-state index contributed by atoms with van der Waals surface area (Å²) in [5.74, 6) is -0.407. The number of benzene rings is 1. The van der Waals surface area contributed by atoms with Gasteiger partial charge in [-0.25, -0.2) is 8.78 Å². The molecule has 0 atom stereocenters. The molecule has 1 aromatic carbocycles. The molecule has 28 heavy (non-hydrogen) atoms. The van der Waals surface area contributed by atoms with Crippen LogP contribution in [0.4, 0.5) is 8.78 Å². The SMILES string of the molecule is Fc1cc2ncc(C3CCCCC3)cc2c(F)c1Cc1nnc2cccnn12. The molecule has 4 aromatic rings. The van der Waals surface area contributed by atoms with Gasteiger partial charge in [0, 0.05) is 35.8 Å². The Morgan fingerprint density at radius 2 is 1.93 bits per heavy atom. The summed E-state index contributed by atoms with van der Waals surface area (Å²) in [7, 11) is 0. The zero-order chi connectivity index (χ0) is 19.1. The van der Waals surface area contributed by atoms with Crippen molar-refractivity contribution in [1.82, 2.24) is 24.8 Å². The van der Waals surface area contributed by atoms with Crippen LogP contribution in [-0.4, -0.2) is 24.8 Å². The minimum absolute atomic E-state index is 0.0283. The highest BCUT2D eigenvalue weighted by Gasteiger charge is 2.21. The Kier molecular flexibility index (Phi) is 4.22. The third-order valence-electron chi connectivity index (χ3n) is 5.65. The number of hydrogen-bond acceptors (Lipinski definition) is 4. The predicted molar refractivity (Wildman–Crippen MR) is 101 cm³/mol. The maximum absolute atomic E-state index is 15.3.